The van der Waals surface area contributed by atoms with Gasteiger partial charge in [-0.05, 0) is 25.7 Å². The average molecular weight is 345 g/mol. The molecule has 1 heterocycles. The Morgan fingerprint density at radius 3 is 2.22 bits per heavy atom. The first-order valence-electron chi connectivity index (χ1n) is 8.38. The molecule has 1 saturated heterocycles. The Morgan fingerprint density at radius 2 is 1.65 bits per heavy atom. The molecule has 0 aromatic heterocycles. The molecule has 132 valence electrons. The Labute approximate surface area is 138 Å². The molecule has 0 bridgehead atoms. The van der Waals surface area contributed by atoms with Gasteiger partial charge < -0.3 is 10.6 Å². The minimum absolute atomic E-state index is 0.00161. The van der Waals surface area contributed by atoms with E-state index in [1.54, 1.807) is 0 Å². The van der Waals surface area contributed by atoms with Crippen LogP contribution in [0.5, 0.6) is 0 Å². The predicted octanol–water partition coefficient (Wildman–Crippen LogP) is 0.223. The standard InChI is InChI=1S/C15H27N3O4S/c1-23(21,22)18-9-7-12(8-10-18)15(20)16-11-14(19)17-13-5-3-2-4-6-13/h12-13H,2-11H2,1H3,(H,16,20)(H,17,19). The third-order valence-electron chi connectivity index (χ3n) is 4.69. The van der Waals surface area contributed by atoms with E-state index in [4.69, 9.17) is 0 Å². The predicted molar refractivity (Wildman–Crippen MR) is 87.2 cm³/mol. The maximum atomic E-state index is 12.1. The first kappa shape index (κ1) is 18.2. The van der Waals surface area contributed by atoms with Crippen molar-refractivity contribution in [2.45, 2.75) is 51.0 Å². The van der Waals surface area contributed by atoms with Crippen LogP contribution in [0.1, 0.15) is 44.9 Å². The van der Waals surface area contributed by atoms with Gasteiger partial charge >= 0.3 is 0 Å². The van der Waals surface area contributed by atoms with Gasteiger partial charge in [-0.25, -0.2) is 12.7 Å². The van der Waals surface area contributed by atoms with E-state index in [9.17, 15) is 18.0 Å². The van der Waals surface area contributed by atoms with E-state index in [1.165, 1.54) is 17.0 Å². The molecule has 0 aromatic carbocycles. The van der Waals surface area contributed by atoms with Crippen molar-refractivity contribution in [1.82, 2.24) is 14.9 Å². The second kappa shape index (κ2) is 8.10. The minimum Gasteiger partial charge on any atom is -0.352 e. The summed E-state index contributed by atoms with van der Waals surface area (Å²) in [6.07, 6.45) is 7.75. The number of piperidine rings is 1. The molecule has 2 amide bonds. The van der Waals surface area contributed by atoms with Crippen molar-refractivity contribution in [3.63, 3.8) is 0 Å². The molecule has 2 N–H and O–H groups in total. The van der Waals surface area contributed by atoms with Gasteiger partial charge in [0.1, 0.15) is 0 Å². The lowest BCUT2D eigenvalue weighted by molar-refractivity contribution is -0.129. The van der Waals surface area contributed by atoms with E-state index in [1.807, 2.05) is 0 Å². The Bertz CT molecular complexity index is 521. The summed E-state index contributed by atoms with van der Waals surface area (Å²) >= 11 is 0. The molecule has 0 aromatic rings. The van der Waals surface area contributed by atoms with Crippen molar-refractivity contribution in [3.8, 4) is 0 Å². The lowest BCUT2D eigenvalue weighted by Crippen LogP contribution is -2.46. The van der Waals surface area contributed by atoms with Gasteiger partial charge in [-0.2, -0.15) is 0 Å². The van der Waals surface area contributed by atoms with E-state index in [0.717, 1.165) is 25.7 Å². The first-order valence-corrected chi connectivity index (χ1v) is 10.2. The van der Waals surface area contributed by atoms with Crippen LogP contribution in [0.15, 0.2) is 0 Å². The second-order valence-corrected chi connectivity index (χ2v) is 8.54. The summed E-state index contributed by atoms with van der Waals surface area (Å²) in [6.45, 7) is 0.734. The van der Waals surface area contributed by atoms with Crippen LogP contribution in [-0.2, 0) is 19.6 Å². The van der Waals surface area contributed by atoms with Crippen LogP contribution >= 0.6 is 0 Å². The summed E-state index contributed by atoms with van der Waals surface area (Å²) in [5.41, 5.74) is 0. The van der Waals surface area contributed by atoms with Gasteiger partial charge in [-0.1, -0.05) is 19.3 Å². The van der Waals surface area contributed by atoms with Crippen LogP contribution in [0, 0.1) is 5.92 Å². The monoisotopic (exact) mass is 345 g/mol. The quantitative estimate of drug-likeness (QED) is 0.745. The number of sulfonamides is 1. The lowest BCUT2D eigenvalue weighted by Gasteiger charge is -2.29. The average Bonchev–Trinajstić information content (AvgIpc) is 2.53. The van der Waals surface area contributed by atoms with Crippen molar-refractivity contribution in [1.29, 1.82) is 0 Å². The number of carbonyl (C=O) groups is 2. The highest BCUT2D eigenvalue weighted by atomic mass is 32.2. The molecule has 1 aliphatic carbocycles. The van der Waals surface area contributed by atoms with Crippen LogP contribution in [-0.4, -0.2) is 56.5 Å². The molecule has 2 rings (SSSR count). The van der Waals surface area contributed by atoms with E-state index >= 15 is 0 Å². The number of amides is 2. The van der Waals surface area contributed by atoms with Gasteiger partial charge in [0.25, 0.3) is 0 Å². The molecule has 0 atom stereocenters. The Balaban J connectivity index is 1.68. The van der Waals surface area contributed by atoms with Gasteiger partial charge in [-0.15, -0.1) is 0 Å². The molecule has 8 heteroatoms. The summed E-state index contributed by atoms with van der Waals surface area (Å²) in [4.78, 5) is 24.0. The molecule has 7 nitrogen and oxygen atoms in total. The van der Waals surface area contributed by atoms with Crippen molar-refractivity contribution >= 4 is 21.8 Å². The highest BCUT2D eigenvalue weighted by molar-refractivity contribution is 7.88. The maximum Gasteiger partial charge on any atom is 0.239 e. The van der Waals surface area contributed by atoms with Crippen molar-refractivity contribution < 1.29 is 18.0 Å². The number of nitrogens with one attached hydrogen (secondary N) is 2. The van der Waals surface area contributed by atoms with Crippen molar-refractivity contribution in [2.24, 2.45) is 5.92 Å². The second-order valence-electron chi connectivity index (χ2n) is 6.56. The molecular weight excluding hydrogens is 318 g/mol. The molecule has 1 saturated carbocycles. The van der Waals surface area contributed by atoms with Crippen LogP contribution in [0.25, 0.3) is 0 Å². The number of rotatable bonds is 5. The van der Waals surface area contributed by atoms with E-state index in [0.29, 0.717) is 25.9 Å². The summed E-state index contributed by atoms with van der Waals surface area (Å²) in [7, 11) is -3.18. The number of hydrogen-bond donors (Lipinski definition) is 2. The zero-order valence-electron chi connectivity index (χ0n) is 13.7. The van der Waals surface area contributed by atoms with Crippen LogP contribution in [0.4, 0.5) is 0 Å². The summed E-state index contributed by atoms with van der Waals surface area (Å²) in [5, 5.41) is 5.64. The zero-order chi connectivity index (χ0) is 16.9. The number of hydrogen-bond acceptors (Lipinski definition) is 4. The third kappa shape index (κ3) is 5.76. The highest BCUT2D eigenvalue weighted by Crippen LogP contribution is 2.19. The van der Waals surface area contributed by atoms with E-state index < -0.39 is 10.0 Å². The fourth-order valence-electron chi connectivity index (χ4n) is 3.29. The topological polar surface area (TPSA) is 95.6 Å². The molecule has 23 heavy (non-hydrogen) atoms. The molecule has 0 unspecified atom stereocenters. The number of carbonyl (C=O) groups excluding carboxylic acids is 2. The van der Waals surface area contributed by atoms with Gasteiger partial charge in [0.2, 0.25) is 21.8 Å². The Hall–Kier alpha value is -1.15. The lowest BCUT2D eigenvalue weighted by atomic mass is 9.95. The molecule has 0 radical (unpaired) electrons. The van der Waals surface area contributed by atoms with Crippen LogP contribution in [0.3, 0.4) is 0 Å². The fourth-order valence-corrected chi connectivity index (χ4v) is 4.16. The smallest absolute Gasteiger partial charge is 0.239 e. The Kier molecular flexibility index (Phi) is 6.41. The van der Waals surface area contributed by atoms with E-state index in [-0.39, 0.29) is 30.3 Å². The maximum absolute atomic E-state index is 12.1. The molecule has 1 aliphatic heterocycles. The largest absolute Gasteiger partial charge is 0.352 e. The van der Waals surface area contributed by atoms with Crippen LogP contribution in [0.2, 0.25) is 0 Å². The summed E-state index contributed by atoms with van der Waals surface area (Å²) in [5.74, 6) is -0.508. The fraction of sp³-hybridized carbons (Fsp3) is 0.867. The number of nitrogens with zero attached hydrogens (tertiary/aromatic N) is 1. The summed E-state index contributed by atoms with van der Waals surface area (Å²) in [6, 6.07) is 0.242. The van der Waals surface area contributed by atoms with Crippen molar-refractivity contribution in [2.75, 3.05) is 25.9 Å². The molecular formula is C15H27N3O4S. The van der Waals surface area contributed by atoms with Crippen LogP contribution < -0.4 is 10.6 Å². The van der Waals surface area contributed by atoms with Gasteiger partial charge in [-0.3, -0.25) is 9.59 Å². The molecule has 2 aliphatic rings. The SMILES string of the molecule is CS(=O)(=O)N1CCC(C(=O)NCC(=O)NC2CCCCC2)CC1. The van der Waals surface area contributed by atoms with Gasteiger partial charge in [0.15, 0.2) is 0 Å². The highest BCUT2D eigenvalue weighted by Gasteiger charge is 2.29. The van der Waals surface area contributed by atoms with Gasteiger partial charge in [0, 0.05) is 25.0 Å². The molecule has 0 spiro atoms. The zero-order valence-corrected chi connectivity index (χ0v) is 14.5. The summed E-state index contributed by atoms with van der Waals surface area (Å²) < 4.78 is 24.3. The molecule has 2 fully saturated rings. The Morgan fingerprint density at radius 1 is 1.04 bits per heavy atom. The third-order valence-corrected chi connectivity index (χ3v) is 5.99. The normalized spacial score (nSPS) is 21.8. The van der Waals surface area contributed by atoms with Gasteiger partial charge in [0.05, 0.1) is 12.8 Å². The van der Waals surface area contributed by atoms with E-state index in [2.05, 4.69) is 10.6 Å². The van der Waals surface area contributed by atoms with Crippen molar-refractivity contribution in [3.05, 3.63) is 0 Å². The first-order chi connectivity index (χ1) is 10.9. The minimum atomic E-state index is -3.18.